The zero-order valence-corrected chi connectivity index (χ0v) is 13.7. The van der Waals surface area contributed by atoms with Gasteiger partial charge >= 0.3 is 5.69 Å². The number of amides is 1. The fourth-order valence-electron chi connectivity index (χ4n) is 3.89. The topological polar surface area (TPSA) is 79.8 Å². The highest BCUT2D eigenvalue weighted by atomic mass is 19.1. The Balaban J connectivity index is 1.48. The molecule has 2 aliphatic carbocycles. The summed E-state index contributed by atoms with van der Waals surface area (Å²) in [5.74, 6) is -1.65. The van der Waals surface area contributed by atoms with Crippen molar-refractivity contribution in [3.05, 3.63) is 51.7 Å². The van der Waals surface area contributed by atoms with Gasteiger partial charge in [-0.25, -0.2) is 18.3 Å². The van der Waals surface area contributed by atoms with Gasteiger partial charge in [0.1, 0.15) is 11.6 Å². The summed E-state index contributed by atoms with van der Waals surface area (Å²) in [6, 6.07) is 3.62. The van der Waals surface area contributed by atoms with Crippen LogP contribution in [-0.2, 0) is 13.5 Å². The van der Waals surface area contributed by atoms with Crippen LogP contribution in [0.3, 0.4) is 0 Å². The van der Waals surface area contributed by atoms with Crippen LogP contribution in [0.2, 0.25) is 0 Å². The molecule has 1 atom stereocenters. The molecule has 1 unspecified atom stereocenters. The number of hydrogen-bond donors (Lipinski definition) is 2. The second-order valence-corrected chi connectivity index (χ2v) is 7.23. The molecule has 6 nitrogen and oxygen atoms in total. The number of nitrogens with one attached hydrogen (secondary N) is 2. The van der Waals surface area contributed by atoms with Crippen LogP contribution >= 0.6 is 0 Å². The molecule has 0 bridgehead atoms. The van der Waals surface area contributed by atoms with Crippen molar-refractivity contribution in [3.8, 4) is 0 Å². The Hall–Kier alpha value is -2.51. The second kappa shape index (κ2) is 5.24. The van der Waals surface area contributed by atoms with Crippen molar-refractivity contribution in [2.45, 2.75) is 25.7 Å². The first kappa shape index (κ1) is 16.0. The molecule has 4 rings (SSSR count). The molecule has 132 valence electrons. The molecule has 0 saturated heterocycles. The molecule has 2 fully saturated rings. The number of carbonyl (C=O) groups is 1. The van der Waals surface area contributed by atoms with Crippen LogP contribution in [0, 0.1) is 22.5 Å². The van der Waals surface area contributed by atoms with E-state index in [4.69, 9.17) is 0 Å². The molecule has 2 aromatic rings. The minimum Gasteiger partial charge on any atom is -0.349 e. The lowest BCUT2D eigenvalue weighted by Gasteiger charge is -2.18. The van der Waals surface area contributed by atoms with E-state index in [1.54, 1.807) is 0 Å². The van der Waals surface area contributed by atoms with Crippen LogP contribution in [0.15, 0.2) is 23.0 Å². The maximum atomic E-state index is 14.0. The van der Waals surface area contributed by atoms with Crippen molar-refractivity contribution in [3.63, 3.8) is 0 Å². The van der Waals surface area contributed by atoms with Crippen molar-refractivity contribution in [1.29, 1.82) is 0 Å². The van der Waals surface area contributed by atoms with Crippen molar-refractivity contribution in [1.82, 2.24) is 20.1 Å². The highest BCUT2D eigenvalue weighted by molar-refractivity contribution is 5.90. The smallest absolute Gasteiger partial charge is 0.343 e. The van der Waals surface area contributed by atoms with Crippen molar-refractivity contribution in [2.24, 2.45) is 17.9 Å². The standard InChI is InChI=1S/C17H18F2N4O2/c1-23-15(25)21-13(22-23)14(24)20-9-17(8-16(17)4-5-16)7-10-2-3-11(18)6-12(10)19/h2-3,6H,4-5,7-9H2,1H3,(H,20,24)(H,21,22,25). The molecule has 25 heavy (non-hydrogen) atoms. The third kappa shape index (κ3) is 2.65. The van der Waals surface area contributed by atoms with Gasteiger partial charge in [0.25, 0.3) is 5.91 Å². The lowest BCUT2D eigenvalue weighted by atomic mass is 9.92. The summed E-state index contributed by atoms with van der Waals surface area (Å²) in [7, 11) is 1.45. The molecule has 8 heteroatoms. The summed E-state index contributed by atoms with van der Waals surface area (Å²) in [6.07, 6.45) is 3.49. The average molecular weight is 348 g/mol. The summed E-state index contributed by atoms with van der Waals surface area (Å²) in [5, 5.41) is 6.63. The quantitative estimate of drug-likeness (QED) is 0.860. The first-order valence-corrected chi connectivity index (χ1v) is 8.20. The van der Waals surface area contributed by atoms with Crippen LogP contribution in [-0.4, -0.2) is 27.2 Å². The van der Waals surface area contributed by atoms with Gasteiger partial charge in [0.15, 0.2) is 0 Å². The molecular weight excluding hydrogens is 330 g/mol. The second-order valence-electron chi connectivity index (χ2n) is 7.23. The highest BCUT2D eigenvalue weighted by Gasteiger charge is 2.73. The number of aryl methyl sites for hydroxylation is 1. The zero-order valence-electron chi connectivity index (χ0n) is 13.7. The van der Waals surface area contributed by atoms with Gasteiger partial charge in [0.2, 0.25) is 5.82 Å². The molecule has 2 N–H and O–H groups in total. The minimum absolute atomic E-state index is 0.0406. The zero-order chi connectivity index (χ0) is 17.8. The number of nitrogens with zero attached hydrogens (tertiary/aromatic N) is 2. The average Bonchev–Trinajstić information content (AvgIpc) is 3.43. The summed E-state index contributed by atoms with van der Waals surface area (Å²) < 4.78 is 28.2. The van der Waals surface area contributed by atoms with E-state index in [1.165, 1.54) is 19.2 Å². The van der Waals surface area contributed by atoms with Gasteiger partial charge < -0.3 is 5.32 Å². The Labute approximate surface area is 142 Å². The van der Waals surface area contributed by atoms with E-state index in [2.05, 4.69) is 15.4 Å². The van der Waals surface area contributed by atoms with Crippen molar-refractivity contribution < 1.29 is 13.6 Å². The van der Waals surface area contributed by atoms with E-state index < -0.39 is 23.2 Å². The SMILES string of the molecule is Cn1nc(C(=O)NCC2(Cc3ccc(F)cc3F)CC23CC3)[nH]c1=O. The van der Waals surface area contributed by atoms with E-state index in [0.717, 1.165) is 30.0 Å². The van der Waals surface area contributed by atoms with E-state index in [1.807, 2.05) is 0 Å². The number of rotatable bonds is 5. The summed E-state index contributed by atoms with van der Waals surface area (Å²) >= 11 is 0. The van der Waals surface area contributed by atoms with Crippen molar-refractivity contribution >= 4 is 5.91 Å². The summed E-state index contributed by atoms with van der Waals surface area (Å²) in [4.78, 5) is 26.0. The monoisotopic (exact) mass is 348 g/mol. The number of aromatic nitrogens is 3. The molecule has 1 amide bonds. The molecule has 2 aliphatic rings. The highest BCUT2D eigenvalue weighted by Crippen LogP contribution is 2.79. The number of benzene rings is 1. The Bertz CT molecular complexity index is 916. The third-order valence-corrected chi connectivity index (χ3v) is 5.65. The maximum absolute atomic E-state index is 14.0. The van der Waals surface area contributed by atoms with Crippen LogP contribution in [0.5, 0.6) is 0 Å². The van der Waals surface area contributed by atoms with Crippen LogP contribution < -0.4 is 11.0 Å². The van der Waals surface area contributed by atoms with E-state index in [-0.39, 0.29) is 16.7 Å². The molecular formula is C17H18F2N4O2. The third-order valence-electron chi connectivity index (χ3n) is 5.65. The predicted octanol–water partition coefficient (Wildman–Crippen LogP) is 1.53. The predicted molar refractivity (Wildman–Crippen MR) is 84.9 cm³/mol. The van der Waals surface area contributed by atoms with Gasteiger partial charge in [0.05, 0.1) is 0 Å². The summed E-state index contributed by atoms with van der Waals surface area (Å²) in [6.45, 7) is 0.376. The number of carbonyl (C=O) groups excluding carboxylic acids is 1. The molecule has 0 radical (unpaired) electrons. The summed E-state index contributed by atoms with van der Waals surface area (Å²) in [5.41, 5.74) is -0.0429. The first-order chi connectivity index (χ1) is 11.8. The fourth-order valence-corrected chi connectivity index (χ4v) is 3.89. The van der Waals surface area contributed by atoms with Gasteiger partial charge in [0, 0.05) is 19.7 Å². The van der Waals surface area contributed by atoms with Gasteiger partial charge in [-0.2, -0.15) is 0 Å². The number of hydrogen-bond acceptors (Lipinski definition) is 3. The van der Waals surface area contributed by atoms with Crippen LogP contribution in [0.1, 0.15) is 35.4 Å². The van der Waals surface area contributed by atoms with Crippen LogP contribution in [0.4, 0.5) is 8.78 Å². The molecule has 2 saturated carbocycles. The van der Waals surface area contributed by atoms with Crippen LogP contribution in [0.25, 0.3) is 0 Å². The maximum Gasteiger partial charge on any atom is 0.343 e. The van der Waals surface area contributed by atoms with Crippen molar-refractivity contribution in [2.75, 3.05) is 6.54 Å². The molecule has 0 aliphatic heterocycles. The Kier molecular flexibility index (Phi) is 3.35. The number of aromatic amines is 1. The Morgan fingerprint density at radius 2 is 2.16 bits per heavy atom. The van der Waals surface area contributed by atoms with E-state index >= 15 is 0 Å². The molecule has 1 aromatic heterocycles. The normalized spacial score (nSPS) is 22.8. The van der Waals surface area contributed by atoms with Gasteiger partial charge in [-0.15, -0.1) is 5.10 Å². The molecule has 1 heterocycles. The number of H-pyrrole nitrogens is 1. The molecule has 1 spiro atoms. The lowest BCUT2D eigenvalue weighted by Crippen LogP contribution is -2.33. The van der Waals surface area contributed by atoms with Gasteiger partial charge in [-0.1, -0.05) is 6.07 Å². The van der Waals surface area contributed by atoms with E-state index in [0.29, 0.717) is 18.5 Å². The molecule has 1 aromatic carbocycles. The Morgan fingerprint density at radius 1 is 1.40 bits per heavy atom. The minimum atomic E-state index is -0.598. The number of halogens is 2. The Morgan fingerprint density at radius 3 is 2.72 bits per heavy atom. The largest absolute Gasteiger partial charge is 0.349 e. The lowest BCUT2D eigenvalue weighted by molar-refractivity contribution is 0.0932. The van der Waals surface area contributed by atoms with Gasteiger partial charge in [-0.3, -0.25) is 9.78 Å². The van der Waals surface area contributed by atoms with E-state index in [9.17, 15) is 18.4 Å². The first-order valence-electron chi connectivity index (χ1n) is 8.20. The van der Waals surface area contributed by atoms with Gasteiger partial charge in [-0.05, 0) is 48.1 Å². The fraction of sp³-hybridized carbons (Fsp3) is 0.471.